The summed E-state index contributed by atoms with van der Waals surface area (Å²) in [6.07, 6.45) is 7.30. The molecule has 1 aromatic carbocycles. The molecule has 2 heterocycles. The molecule has 0 atom stereocenters. The van der Waals surface area contributed by atoms with Crippen molar-refractivity contribution >= 4 is 11.7 Å². The molecular weight excluding hydrogens is 288 g/mol. The van der Waals surface area contributed by atoms with Crippen molar-refractivity contribution in [3.63, 3.8) is 0 Å². The third-order valence-electron chi connectivity index (χ3n) is 5.09. The molecule has 0 bridgehead atoms. The smallest absolute Gasteiger partial charge is 0.321 e. The van der Waals surface area contributed by atoms with E-state index >= 15 is 0 Å². The number of H-pyrrole nitrogens is 1. The molecule has 2 aromatic rings. The highest BCUT2D eigenvalue weighted by molar-refractivity contribution is 5.89. The number of carbonyl (C=O) groups is 1. The second-order valence-corrected chi connectivity index (χ2v) is 6.54. The Bertz CT molecular complexity index is 687. The fraction of sp³-hybridized carbons (Fsp3) is 0.444. The maximum atomic E-state index is 12.5. The average molecular weight is 310 g/mol. The predicted octanol–water partition coefficient (Wildman–Crippen LogP) is 3.31. The zero-order valence-electron chi connectivity index (χ0n) is 13.2. The van der Waals surface area contributed by atoms with E-state index in [1.807, 2.05) is 17.0 Å². The van der Waals surface area contributed by atoms with Gasteiger partial charge in [0.1, 0.15) is 0 Å². The van der Waals surface area contributed by atoms with Gasteiger partial charge in [0, 0.05) is 36.6 Å². The third kappa shape index (κ3) is 2.96. The molecule has 0 unspecified atom stereocenters. The number of aryl methyl sites for hydroxylation is 2. The molecule has 0 spiro atoms. The number of hydrogen-bond donors (Lipinski definition) is 2. The molecule has 1 fully saturated rings. The van der Waals surface area contributed by atoms with E-state index in [1.54, 1.807) is 6.20 Å². The van der Waals surface area contributed by atoms with Crippen molar-refractivity contribution in [2.24, 2.45) is 0 Å². The van der Waals surface area contributed by atoms with Gasteiger partial charge in [-0.05, 0) is 61.4 Å². The van der Waals surface area contributed by atoms with Crippen LogP contribution < -0.4 is 5.32 Å². The molecule has 1 aliphatic carbocycles. The number of hydrogen-bond acceptors (Lipinski definition) is 2. The molecule has 1 aromatic heterocycles. The molecule has 2 amide bonds. The molecule has 23 heavy (non-hydrogen) atoms. The van der Waals surface area contributed by atoms with Gasteiger partial charge in [0.05, 0.1) is 0 Å². The van der Waals surface area contributed by atoms with E-state index in [0.29, 0.717) is 5.92 Å². The molecule has 2 aliphatic rings. The number of amides is 2. The van der Waals surface area contributed by atoms with Gasteiger partial charge < -0.3 is 10.2 Å². The highest BCUT2D eigenvalue weighted by atomic mass is 16.2. The number of nitrogens with zero attached hydrogens (tertiary/aromatic N) is 2. The van der Waals surface area contributed by atoms with Crippen LogP contribution in [0.15, 0.2) is 30.5 Å². The predicted molar refractivity (Wildman–Crippen MR) is 89.6 cm³/mol. The van der Waals surface area contributed by atoms with Crippen molar-refractivity contribution in [2.45, 2.75) is 38.0 Å². The van der Waals surface area contributed by atoms with Gasteiger partial charge in [-0.25, -0.2) is 4.79 Å². The SMILES string of the molecule is O=C(Nc1ccc2c(c1)CCC2)N1CCC(c2ccn[nH]2)CC1. The molecule has 120 valence electrons. The van der Waals surface area contributed by atoms with Gasteiger partial charge in [0.25, 0.3) is 0 Å². The normalized spacial score (nSPS) is 18.0. The van der Waals surface area contributed by atoms with Crippen molar-refractivity contribution in [1.82, 2.24) is 15.1 Å². The first kappa shape index (κ1) is 14.3. The van der Waals surface area contributed by atoms with Crippen LogP contribution in [0.1, 0.15) is 42.0 Å². The zero-order valence-corrected chi connectivity index (χ0v) is 13.2. The number of aromatic nitrogens is 2. The number of anilines is 1. The lowest BCUT2D eigenvalue weighted by Crippen LogP contribution is -2.40. The van der Waals surface area contributed by atoms with Crippen LogP contribution in [0.25, 0.3) is 0 Å². The Hall–Kier alpha value is -2.30. The Labute approximate surface area is 136 Å². The molecular formula is C18H22N4O. The van der Waals surface area contributed by atoms with Crippen molar-refractivity contribution in [1.29, 1.82) is 0 Å². The van der Waals surface area contributed by atoms with Crippen molar-refractivity contribution < 1.29 is 4.79 Å². The van der Waals surface area contributed by atoms with Crippen molar-refractivity contribution in [3.05, 3.63) is 47.3 Å². The van der Waals surface area contributed by atoms with E-state index in [2.05, 4.69) is 27.6 Å². The summed E-state index contributed by atoms with van der Waals surface area (Å²) < 4.78 is 0. The van der Waals surface area contributed by atoms with Crippen LogP contribution in [0.4, 0.5) is 10.5 Å². The fourth-order valence-corrected chi connectivity index (χ4v) is 3.74. The summed E-state index contributed by atoms with van der Waals surface area (Å²) >= 11 is 0. The molecule has 5 heteroatoms. The Morgan fingerprint density at radius 1 is 1.17 bits per heavy atom. The number of piperidine rings is 1. The van der Waals surface area contributed by atoms with E-state index < -0.39 is 0 Å². The molecule has 0 radical (unpaired) electrons. The minimum atomic E-state index is 0.0195. The second kappa shape index (κ2) is 6.07. The quantitative estimate of drug-likeness (QED) is 0.894. The summed E-state index contributed by atoms with van der Waals surface area (Å²) in [6, 6.07) is 8.37. The number of fused-ring (bicyclic) bond motifs is 1. The van der Waals surface area contributed by atoms with Crippen molar-refractivity contribution in [2.75, 3.05) is 18.4 Å². The number of carbonyl (C=O) groups excluding carboxylic acids is 1. The third-order valence-corrected chi connectivity index (χ3v) is 5.09. The maximum Gasteiger partial charge on any atom is 0.321 e. The highest BCUT2D eigenvalue weighted by Gasteiger charge is 2.24. The maximum absolute atomic E-state index is 12.5. The molecule has 1 saturated heterocycles. The first-order valence-electron chi connectivity index (χ1n) is 8.46. The van der Waals surface area contributed by atoms with E-state index in [0.717, 1.165) is 38.0 Å². The lowest BCUT2D eigenvalue weighted by atomic mass is 9.94. The highest BCUT2D eigenvalue weighted by Crippen LogP contribution is 2.28. The van der Waals surface area contributed by atoms with Crippen molar-refractivity contribution in [3.8, 4) is 0 Å². The van der Waals surface area contributed by atoms with Crippen LogP contribution >= 0.6 is 0 Å². The van der Waals surface area contributed by atoms with E-state index in [9.17, 15) is 4.79 Å². The molecule has 1 aliphatic heterocycles. The van der Waals surface area contributed by atoms with Gasteiger partial charge in [-0.2, -0.15) is 5.10 Å². The lowest BCUT2D eigenvalue weighted by Gasteiger charge is -2.31. The summed E-state index contributed by atoms with van der Waals surface area (Å²) in [5.74, 6) is 0.488. The lowest BCUT2D eigenvalue weighted by molar-refractivity contribution is 0.194. The summed E-state index contributed by atoms with van der Waals surface area (Å²) in [5.41, 5.74) is 4.93. The standard InChI is InChI=1S/C18H22N4O/c23-18(20-16-5-4-13-2-1-3-15(13)12-16)22-10-7-14(8-11-22)17-6-9-19-21-17/h4-6,9,12,14H,1-3,7-8,10-11H2,(H,19,21)(H,20,23). The monoisotopic (exact) mass is 310 g/mol. The first-order chi connectivity index (χ1) is 11.3. The molecule has 5 nitrogen and oxygen atoms in total. The minimum Gasteiger partial charge on any atom is -0.324 e. The average Bonchev–Trinajstić information content (AvgIpc) is 3.26. The molecule has 0 saturated carbocycles. The van der Waals surface area contributed by atoms with Gasteiger partial charge in [-0.1, -0.05) is 6.07 Å². The fourth-order valence-electron chi connectivity index (χ4n) is 3.74. The van der Waals surface area contributed by atoms with Crippen LogP contribution in [-0.4, -0.2) is 34.2 Å². The Morgan fingerprint density at radius 3 is 2.78 bits per heavy atom. The summed E-state index contributed by atoms with van der Waals surface area (Å²) in [5, 5.41) is 10.1. The van der Waals surface area contributed by atoms with E-state index in [4.69, 9.17) is 0 Å². The number of aromatic amines is 1. The molecule has 4 rings (SSSR count). The van der Waals surface area contributed by atoms with Gasteiger partial charge in [0.15, 0.2) is 0 Å². The van der Waals surface area contributed by atoms with Crippen LogP contribution in [0.3, 0.4) is 0 Å². The number of rotatable bonds is 2. The second-order valence-electron chi connectivity index (χ2n) is 6.54. The Morgan fingerprint density at radius 2 is 2.00 bits per heavy atom. The Kier molecular flexibility index (Phi) is 3.77. The van der Waals surface area contributed by atoms with Crippen LogP contribution in [0.5, 0.6) is 0 Å². The van der Waals surface area contributed by atoms with E-state index in [1.165, 1.54) is 29.7 Å². The number of likely N-dealkylation sites (tertiary alicyclic amines) is 1. The number of benzene rings is 1. The largest absolute Gasteiger partial charge is 0.324 e. The first-order valence-corrected chi connectivity index (χ1v) is 8.46. The summed E-state index contributed by atoms with van der Waals surface area (Å²) in [4.78, 5) is 14.4. The van der Waals surface area contributed by atoms with Gasteiger partial charge in [0.2, 0.25) is 0 Å². The summed E-state index contributed by atoms with van der Waals surface area (Å²) in [6.45, 7) is 1.58. The minimum absolute atomic E-state index is 0.0195. The number of urea groups is 1. The van der Waals surface area contributed by atoms with Gasteiger partial charge in [-0.15, -0.1) is 0 Å². The van der Waals surface area contributed by atoms with Gasteiger partial charge >= 0.3 is 6.03 Å². The van der Waals surface area contributed by atoms with E-state index in [-0.39, 0.29) is 6.03 Å². The molecule has 2 N–H and O–H groups in total. The summed E-state index contributed by atoms with van der Waals surface area (Å²) in [7, 11) is 0. The Balaban J connectivity index is 1.35. The zero-order chi connectivity index (χ0) is 15.6. The topological polar surface area (TPSA) is 61.0 Å². The number of nitrogens with one attached hydrogen (secondary N) is 2. The van der Waals surface area contributed by atoms with Crippen LogP contribution in [0, 0.1) is 0 Å². The van der Waals surface area contributed by atoms with Crippen LogP contribution in [-0.2, 0) is 12.8 Å². The van der Waals surface area contributed by atoms with Crippen LogP contribution in [0.2, 0.25) is 0 Å². The van der Waals surface area contributed by atoms with Gasteiger partial charge in [-0.3, -0.25) is 5.10 Å².